The minimum Gasteiger partial charge on any atom is -0.455 e. The predicted molar refractivity (Wildman–Crippen MR) is 122 cm³/mol. The second-order valence-corrected chi connectivity index (χ2v) is 10.5. The van der Waals surface area contributed by atoms with Gasteiger partial charge in [-0.25, -0.2) is 0 Å². The maximum Gasteiger partial charge on any atom is 0.307 e. The summed E-state index contributed by atoms with van der Waals surface area (Å²) in [5.41, 5.74) is 1.26. The third kappa shape index (κ3) is 10.1. The molecule has 0 aliphatic carbocycles. The molecule has 0 aliphatic rings. The Hall–Kier alpha value is -0.870. The summed E-state index contributed by atoms with van der Waals surface area (Å²) in [6.07, 6.45) is 7.96. The number of thiophene rings is 1. The van der Waals surface area contributed by atoms with Gasteiger partial charge in [0.05, 0.1) is 6.42 Å². The highest BCUT2D eigenvalue weighted by molar-refractivity contribution is 7.10. The third-order valence-corrected chi connectivity index (χ3v) is 5.98. The predicted octanol–water partition coefficient (Wildman–Crippen LogP) is 7.23. The van der Waals surface area contributed by atoms with Gasteiger partial charge in [-0.3, -0.25) is 4.79 Å². The van der Waals surface area contributed by atoms with Crippen LogP contribution in [0.1, 0.15) is 116 Å². The number of esters is 1. The highest BCUT2D eigenvalue weighted by Crippen LogP contribution is 2.32. The minimum absolute atomic E-state index is 0.0602. The van der Waals surface area contributed by atoms with Crippen molar-refractivity contribution < 1.29 is 9.53 Å². The second-order valence-electron chi connectivity index (χ2n) is 9.60. The fourth-order valence-electron chi connectivity index (χ4n) is 3.19. The van der Waals surface area contributed by atoms with Gasteiger partial charge in [-0.1, -0.05) is 73.6 Å². The molecule has 1 rings (SSSR count). The van der Waals surface area contributed by atoms with E-state index in [9.17, 15) is 4.79 Å². The van der Waals surface area contributed by atoms with Gasteiger partial charge in [-0.2, -0.15) is 0 Å². The molecule has 162 valence electrons. The molecule has 0 bridgehead atoms. The van der Waals surface area contributed by atoms with Crippen molar-refractivity contribution in [1.82, 2.24) is 5.32 Å². The number of carbonyl (C=O) groups excluding carboxylic acids is 1. The van der Waals surface area contributed by atoms with E-state index in [1.165, 1.54) is 44.1 Å². The van der Waals surface area contributed by atoms with Gasteiger partial charge in [0.25, 0.3) is 0 Å². The van der Waals surface area contributed by atoms with Crippen LogP contribution in [-0.4, -0.2) is 18.6 Å². The largest absolute Gasteiger partial charge is 0.455 e. The van der Waals surface area contributed by atoms with E-state index < -0.39 is 0 Å². The van der Waals surface area contributed by atoms with Gasteiger partial charge in [0.2, 0.25) is 0 Å². The molecule has 0 fully saturated rings. The van der Waals surface area contributed by atoms with E-state index in [-0.39, 0.29) is 23.5 Å². The Morgan fingerprint density at radius 2 is 1.75 bits per heavy atom. The van der Waals surface area contributed by atoms with Crippen LogP contribution in [0.25, 0.3) is 0 Å². The lowest BCUT2D eigenvalue weighted by molar-refractivity contribution is -0.152. The Balaban J connectivity index is 2.67. The van der Waals surface area contributed by atoms with Gasteiger partial charge in [0.15, 0.2) is 6.10 Å². The molecule has 3 nitrogen and oxygen atoms in total. The zero-order valence-corrected chi connectivity index (χ0v) is 20.1. The molecule has 0 aliphatic heterocycles. The van der Waals surface area contributed by atoms with E-state index in [2.05, 4.69) is 65.2 Å². The van der Waals surface area contributed by atoms with Crippen LogP contribution in [0.5, 0.6) is 0 Å². The highest BCUT2D eigenvalue weighted by atomic mass is 32.1. The van der Waals surface area contributed by atoms with Crippen LogP contribution < -0.4 is 5.32 Å². The number of unbranched alkanes of at least 4 members (excludes halogenated alkanes) is 5. The molecule has 1 heterocycles. The fourth-order valence-corrected chi connectivity index (χ4v) is 4.39. The standard InChI is InChI=1S/C24H43NO2S/c1-8-9-10-11-12-13-14-25-19(4)23(27-22(26)16-24(5,6)7)21-15-20(17-28-21)18(2)3/h15,17-19,23,25H,8-14,16H2,1-7H3. The van der Waals surface area contributed by atoms with E-state index in [1.54, 1.807) is 11.3 Å². The molecule has 0 saturated heterocycles. The number of hydrogen-bond acceptors (Lipinski definition) is 4. The van der Waals surface area contributed by atoms with Gasteiger partial charge < -0.3 is 10.1 Å². The summed E-state index contributed by atoms with van der Waals surface area (Å²) < 4.78 is 5.99. The maximum absolute atomic E-state index is 12.5. The van der Waals surface area contributed by atoms with E-state index in [0.717, 1.165) is 11.4 Å². The number of nitrogens with one attached hydrogen (secondary N) is 1. The van der Waals surface area contributed by atoms with Crippen molar-refractivity contribution in [1.29, 1.82) is 0 Å². The molecule has 0 saturated carbocycles. The Kier molecular flexibility index (Phi) is 11.4. The molecule has 0 amide bonds. The summed E-state index contributed by atoms with van der Waals surface area (Å²) >= 11 is 1.71. The number of hydrogen-bond donors (Lipinski definition) is 1. The van der Waals surface area contributed by atoms with Crippen molar-refractivity contribution in [2.75, 3.05) is 6.54 Å². The molecule has 4 heteroatoms. The summed E-state index contributed by atoms with van der Waals surface area (Å²) in [5, 5.41) is 5.81. The highest BCUT2D eigenvalue weighted by Gasteiger charge is 2.27. The van der Waals surface area contributed by atoms with Crippen molar-refractivity contribution in [3.05, 3.63) is 21.9 Å². The first-order chi connectivity index (χ1) is 13.1. The Bertz CT molecular complexity index is 559. The van der Waals surface area contributed by atoms with E-state index in [0.29, 0.717) is 12.3 Å². The SMILES string of the molecule is CCCCCCCCNC(C)C(OC(=O)CC(C)(C)C)c1cc(C(C)C)cs1. The van der Waals surface area contributed by atoms with Crippen LogP contribution in [0.3, 0.4) is 0 Å². The third-order valence-electron chi connectivity index (χ3n) is 4.97. The topological polar surface area (TPSA) is 38.3 Å². The Morgan fingerprint density at radius 1 is 1.11 bits per heavy atom. The molecule has 0 radical (unpaired) electrons. The van der Waals surface area contributed by atoms with Crippen molar-refractivity contribution in [3.63, 3.8) is 0 Å². The number of rotatable bonds is 13. The smallest absolute Gasteiger partial charge is 0.307 e. The van der Waals surface area contributed by atoms with Crippen molar-refractivity contribution in [2.45, 2.75) is 111 Å². The summed E-state index contributed by atoms with van der Waals surface area (Å²) in [6, 6.07) is 2.33. The maximum atomic E-state index is 12.5. The lowest BCUT2D eigenvalue weighted by atomic mass is 9.92. The van der Waals surface area contributed by atoms with Crippen LogP contribution in [0, 0.1) is 5.41 Å². The fraction of sp³-hybridized carbons (Fsp3) is 0.792. The number of carbonyl (C=O) groups is 1. The molecule has 0 spiro atoms. The Labute approximate surface area is 177 Å². The normalized spacial score (nSPS) is 14.3. The monoisotopic (exact) mass is 409 g/mol. The number of ether oxygens (including phenoxy) is 1. The van der Waals surface area contributed by atoms with Crippen molar-refractivity contribution in [3.8, 4) is 0 Å². The summed E-state index contributed by atoms with van der Waals surface area (Å²) in [4.78, 5) is 13.7. The molecule has 1 aromatic heterocycles. The molecule has 0 aromatic carbocycles. The first-order valence-corrected chi connectivity index (χ1v) is 12.0. The van der Waals surface area contributed by atoms with E-state index in [1.807, 2.05) is 0 Å². The van der Waals surface area contributed by atoms with Crippen LogP contribution in [0.15, 0.2) is 11.4 Å². The summed E-state index contributed by atoms with van der Waals surface area (Å²) in [7, 11) is 0. The van der Waals surface area contributed by atoms with Gasteiger partial charge in [-0.15, -0.1) is 11.3 Å². The molecule has 2 unspecified atom stereocenters. The lowest BCUT2D eigenvalue weighted by Crippen LogP contribution is -2.35. The lowest BCUT2D eigenvalue weighted by Gasteiger charge is -2.26. The van der Waals surface area contributed by atoms with Gasteiger partial charge >= 0.3 is 5.97 Å². The Morgan fingerprint density at radius 3 is 2.32 bits per heavy atom. The van der Waals surface area contributed by atoms with Gasteiger partial charge in [0, 0.05) is 10.9 Å². The van der Waals surface area contributed by atoms with E-state index >= 15 is 0 Å². The van der Waals surface area contributed by atoms with Crippen LogP contribution in [0.2, 0.25) is 0 Å². The van der Waals surface area contributed by atoms with E-state index in [4.69, 9.17) is 4.74 Å². The van der Waals surface area contributed by atoms with Crippen LogP contribution in [0.4, 0.5) is 0 Å². The first kappa shape index (κ1) is 25.2. The average molecular weight is 410 g/mol. The molecule has 28 heavy (non-hydrogen) atoms. The first-order valence-electron chi connectivity index (χ1n) is 11.1. The second kappa shape index (κ2) is 12.6. The van der Waals surface area contributed by atoms with Crippen molar-refractivity contribution >= 4 is 17.3 Å². The molecule has 2 atom stereocenters. The average Bonchev–Trinajstić information content (AvgIpc) is 3.07. The molecular formula is C24H43NO2S. The van der Waals surface area contributed by atoms with Crippen molar-refractivity contribution in [2.24, 2.45) is 5.41 Å². The zero-order chi connectivity index (χ0) is 21.2. The molecule has 1 N–H and O–H groups in total. The molecular weight excluding hydrogens is 366 g/mol. The summed E-state index contributed by atoms with van der Waals surface area (Å²) in [6.45, 7) is 16.0. The van der Waals surface area contributed by atoms with Crippen LogP contribution in [-0.2, 0) is 9.53 Å². The van der Waals surface area contributed by atoms with Crippen LogP contribution >= 0.6 is 11.3 Å². The zero-order valence-electron chi connectivity index (χ0n) is 19.3. The minimum atomic E-state index is -0.215. The summed E-state index contributed by atoms with van der Waals surface area (Å²) in [5.74, 6) is 0.382. The quantitative estimate of drug-likeness (QED) is 0.276. The van der Waals surface area contributed by atoms with Gasteiger partial charge in [0.1, 0.15) is 0 Å². The molecule has 1 aromatic rings. The van der Waals surface area contributed by atoms with Gasteiger partial charge in [-0.05, 0) is 48.2 Å².